The third kappa shape index (κ3) is 23.5. The molecular formula is C18H40O. The van der Waals surface area contributed by atoms with Crippen LogP contribution in [0.1, 0.15) is 105 Å². The van der Waals surface area contributed by atoms with E-state index in [-0.39, 0.29) is 0 Å². The van der Waals surface area contributed by atoms with E-state index in [2.05, 4.69) is 13.8 Å². The Morgan fingerprint density at radius 2 is 0.842 bits per heavy atom. The van der Waals surface area contributed by atoms with Crippen LogP contribution in [0.3, 0.4) is 0 Å². The van der Waals surface area contributed by atoms with E-state index in [9.17, 15) is 0 Å². The van der Waals surface area contributed by atoms with Gasteiger partial charge in [0.2, 0.25) is 0 Å². The smallest absolute Gasteiger partial charge is 0.0466 e. The molecule has 19 heavy (non-hydrogen) atoms. The lowest BCUT2D eigenvalue weighted by atomic mass is 10.1. The van der Waals surface area contributed by atoms with Gasteiger partial charge in [0.1, 0.15) is 0 Å². The van der Waals surface area contributed by atoms with Gasteiger partial charge in [-0.1, -0.05) is 91.9 Å². The summed E-state index contributed by atoms with van der Waals surface area (Å²) in [5.74, 6) is 0. The molecule has 0 saturated carbocycles. The van der Waals surface area contributed by atoms with Crippen molar-refractivity contribution in [2.24, 2.45) is 0 Å². The van der Waals surface area contributed by atoms with Crippen LogP contribution in [-0.2, 0) is 4.74 Å². The van der Waals surface area contributed by atoms with Crippen molar-refractivity contribution in [3.8, 4) is 0 Å². The highest BCUT2D eigenvalue weighted by Gasteiger charge is 1.93. The quantitative estimate of drug-likeness (QED) is 0.318. The molecule has 0 aromatic carbocycles. The highest BCUT2D eigenvalue weighted by atomic mass is 16.5. The Kier molecular flexibility index (Phi) is 25.8. The fraction of sp³-hybridized carbons (Fsp3) is 1.00. The Hall–Kier alpha value is -0.0400. The van der Waals surface area contributed by atoms with E-state index >= 15 is 0 Å². The topological polar surface area (TPSA) is 9.23 Å². The highest BCUT2D eigenvalue weighted by molar-refractivity contribution is 4.47. The molecule has 0 aromatic rings. The minimum Gasteiger partial charge on any atom is -0.381 e. The van der Waals surface area contributed by atoms with E-state index < -0.39 is 0 Å². The van der Waals surface area contributed by atoms with Crippen LogP contribution in [0.25, 0.3) is 0 Å². The van der Waals surface area contributed by atoms with Crippen molar-refractivity contribution in [3.63, 3.8) is 0 Å². The summed E-state index contributed by atoms with van der Waals surface area (Å²) in [4.78, 5) is 0. The van der Waals surface area contributed by atoms with Gasteiger partial charge in [-0.15, -0.1) is 0 Å². The zero-order chi connectivity index (χ0) is 14.6. The monoisotopic (exact) mass is 272 g/mol. The van der Waals surface area contributed by atoms with Crippen LogP contribution in [-0.4, -0.2) is 13.2 Å². The van der Waals surface area contributed by atoms with Crippen LogP contribution in [0.15, 0.2) is 0 Å². The summed E-state index contributed by atoms with van der Waals surface area (Å²) in [5, 5.41) is 0. The molecule has 1 nitrogen and oxygen atoms in total. The molecule has 0 heterocycles. The van der Waals surface area contributed by atoms with Crippen molar-refractivity contribution in [1.82, 2.24) is 0 Å². The van der Waals surface area contributed by atoms with E-state index in [4.69, 9.17) is 4.74 Å². The second-order valence-corrected chi connectivity index (χ2v) is 5.15. The largest absolute Gasteiger partial charge is 0.381 e. The minimum atomic E-state index is 0.966. The molecule has 0 N–H and O–H groups in total. The maximum atomic E-state index is 5.55. The molecule has 0 saturated heterocycles. The second-order valence-electron chi connectivity index (χ2n) is 5.15. The summed E-state index contributed by atoms with van der Waals surface area (Å²) >= 11 is 0. The first-order chi connectivity index (χ1) is 9.41. The maximum Gasteiger partial charge on any atom is 0.0466 e. The zero-order valence-electron chi connectivity index (χ0n) is 14.3. The standard InChI is InChI=1S/C16H34O.C2H6/c1-3-5-7-8-9-10-11-12-13-14-16-17-15-6-4-2;1-2/h3-16H2,1-2H3;1-2H3. The van der Waals surface area contributed by atoms with E-state index in [1.54, 1.807) is 0 Å². The van der Waals surface area contributed by atoms with Gasteiger partial charge in [-0.05, 0) is 12.8 Å². The van der Waals surface area contributed by atoms with Crippen molar-refractivity contribution in [3.05, 3.63) is 0 Å². The Labute approximate surface area is 123 Å². The van der Waals surface area contributed by atoms with Gasteiger partial charge in [-0.25, -0.2) is 0 Å². The number of hydrogen-bond acceptors (Lipinski definition) is 1. The summed E-state index contributed by atoms with van der Waals surface area (Å²) < 4.78 is 5.55. The lowest BCUT2D eigenvalue weighted by Crippen LogP contribution is -1.96. The van der Waals surface area contributed by atoms with Crippen molar-refractivity contribution in [1.29, 1.82) is 0 Å². The second kappa shape index (κ2) is 23.1. The van der Waals surface area contributed by atoms with Crippen molar-refractivity contribution in [2.75, 3.05) is 13.2 Å². The summed E-state index contributed by atoms with van der Waals surface area (Å²) in [6, 6.07) is 0. The van der Waals surface area contributed by atoms with Crippen molar-refractivity contribution in [2.45, 2.75) is 105 Å². The van der Waals surface area contributed by atoms with Crippen LogP contribution in [0.2, 0.25) is 0 Å². The molecule has 0 fully saturated rings. The molecule has 118 valence electrons. The number of hydrogen-bond donors (Lipinski definition) is 0. The predicted molar refractivity (Wildman–Crippen MR) is 88.9 cm³/mol. The molecule has 0 radical (unpaired) electrons. The third-order valence-electron chi connectivity index (χ3n) is 3.28. The summed E-state index contributed by atoms with van der Waals surface area (Å²) in [5.41, 5.74) is 0. The molecule has 1 heteroatoms. The Balaban J connectivity index is 0. The molecule has 0 aromatic heterocycles. The zero-order valence-corrected chi connectivity index (χ0v) is 14.3. The number of rotatable bonds is 14. The lowest BCUT2D eigenvalue weighted by molar-refractivity contribution is 0.127. The predicted octanol–water partition coefficient (Wildman–Crippen LogP) is 6.75. The average Bonchev–Trinajstić information content (AvgIpc) is 2.46. The minimum absolute atomic E-state index is 0.966. The Morgan fingerprint density at radius 3 is 1.32 bits per heavy atom. The molecule has 0 aliphatic rings. The van der Waals surface area contributed by atoms with Gasteiger partial charge in [-0.2, -0.15) is 0 Å². The van der Waals surface area contributed by atoms with Crippen LogP contribution in [0.4, 0.5) is 0 Å². The lowest BCUT2D eigenvalue weighted by Gasteiger charge is -2.03. The molecule has 0 atom stereocenters. The molecule has 0 aliphatic carbocycles. The molecule has 0 rings (SSSR count). The summed E-state index contributed by atoms with van der Waals surface area (Å²) in [6.45, 7) is 10.4. The van der Waals surface area contributed by atoms with Crippen LogP contribution < -0.4 is 0 Å². The number of ether oxygens (including phenoxy) is 1. The molecule has 0 spiro atoms. The molecule has 0 amide bonds. The average molecular weight is 273 g/mol. The van der Waals surface area contributed by atoms with Crippen molar-refractivity contribution >= 4 is 0 Å². The van der Waals surface area contributed by atoms with Crippen LogP contribution >= 0.6 is 0 Å². The third-order valence-corrected chi connectivity index (χ3v) is 3.28. The van der Waals surface area contributed by atoms with Gasteiger partial charge in [0.25, 0.3) is 0 Å². The molecule has 0 aliphatic heterocycles. The first-order valence-corrected chi connectivity index (χ1v) is 8.99. The van der Waals surface area contributed by atoms with E-state index in [0.29, 0.717) is 0 Å². The van der Waals surface area contributed by atoms with Gasteiger partial charge < -0.3 is 4.74 Å². The van der Waals surface area contributed by atoms with Crippen LogP contribution in [0, 0.1) is 0 Å². The summed E-state index contributed by atoms with van der Waals surface area (Å²) in [7, 11) is 0. The van der Waals surface area contributed by atoms with Gasteiger partial charge in [0.05, 0.1) is 0 Å². The first-order valence-electron chi connectivity index (χ1n) is 8.99. The summed E-state index contributed by atoms with van der Waals surface area (Å²) in [6.07, 6.45) is 16.5. The van der Waals surface area contributed by atoms with E-state index in [1.165, 1.54) is 77.0 Å². The Bertz CT molecular complexity index is 109. The Morgan fingerprint density at radius 1 is 0.474 bits per heavy atom. The fourth-order valence-electron chi connectivity index (χ4n) is 2.04. The number of unbranched alkanes of at least 4 members (excludes halogenated alkanes) is 10. The van der Waals surface area contributed by atoms with Gasteiger partial charge in [0.15, 0.2) is 0 Å². The first kappa shape index (κ1) is 21.3. The molecular weight excluding hydrogens is 232 g/mol. The van der Waals surface area contributed by atoms with E-state index in [1.807, 2.05) is 13.8 Å². The van der Waals surface area contributed by atoms with Crippen molar-refractivity contribution < 1.29 is 4.74 Å². The maximum absolute atomic E-state index is 5.55. The highest BCUT2D eigenvalue weighted by Crippen LogP contribution is 2.10. The van der Waals surface area contributed by atoms with Crippen LogP contribution in [0.5, 0.6) is 0 Å². The van der Waals surface area contributed by atoms with Gasteiger partial charge in [-0.3, -0.25) is 0 Å². The SMILES string of the molecule is CC.CCCCCCCCCCCCOCCCC. The fourth-order valence-corrected chi connectivity index (χ4v) is 2.04. The van der Waals surface area contributed by atoms with E-state index in [0.717, 1.165) is 13.2 Å². The molecule has 0 bridgehead atoms. The van der Waals surface area contributed by atoms with Gasteiger partial charge in [0, 0.05) is 13.2 Å². The normalized spacial score (nSPS) is 10.1. The van der Waals surface area contributed by atoms with Gasteiger partial charge >= 0.3 is 0 Å². The molecule has 0 unspecified atom stereocenters.